The van der Waals surface area contributed by atoms with Crippen molar-refractivity contribution < 1.29 is 0 Å². The number of nitrogens with two attached hydrogens (primary N) is 1. The van der Waals surface area contributed by atoms with Crippen LogP contribution < -0.4 is 5.73 Å². The number of piperidine rings is 1. The molecule has 1 fully saturated rings. The molecule has 0 saturated carbocycles. The van der Waals surface area contributed by atoms with Crippen LogP contribution in [0.25, 0.3) is 0 Å². The smallest absolute Gasteiger partial charge is 0.0408 e. The fourth-order valence-corrected chi connectivity index (χ4v) is 2.90. The summed E-state index contributed by atoms with van der Waals surface area (Å²) < 4.78 is 0. The number of aryl methyl sites for hydroxylation is 1. The SMILES string of the molecule is CN1CCCC(N)(CCc2cccc(Cl)c2)C1. The van der Waals surface area contributed by atoms with Gasteiger partial charge < -0.3 is 10.6 Å². The molecule has 1 saturated heterocycles. The normalized spacial score (nSPS) is 26.1. The van der Waals surface area contributed by atoms with Gasteiger partial charge in [0.1, 0.15) is 0 Å². The Labute approximate surface area is 109 Å². The minimum absolute atomic E-state index is 0.0185. The first kappa shape index (κ1) is 12.9. The lowest BCUT2D eigenvalue weighted by Gasteiger charge is -2.38. The summed E-state index contributed by atoms with van der Waals surface area (Å²) in [6.07, 6.45) is 4.41. The van der Waals surface area contributed by atoms with Gasteiger partial charge in [-0.15, -0.1) is 0 Å². The molecule has 0 aromatic heterocycles. The van der Waals surface area contributed by atoms with E-state index in [0.29, 0.717) is 0 Å². The molecule has 2 nitrogen and oxygen atoms in total. The molecule has 2 rings (SSSR count). The van der Waals surface area contributed by atoms with Crippen molar-refractivity contribution in [3.63, 3.8) is 0 Å². The highest BCUT2D eigenvalue weighted by atomic mass is 35.5. The highest BCUT2D eigenvalue weighted by Crippen LogP contribution is 2.23. The number of likely N-dealkylation sites (tertiary alicyclic amines) is 1. The van der Waals surface area contributed by atoms with Crippen LogP contribution in [0.5, 0.6) is 0 Å². The number of likely N-dealkylation sites (N-methyl/N-ethyl adjacent to an activating group) is 1. The van der Waals surface area contributed by atoms with Gasteiger partial charge in [-0.3, -0.25) is 0 Å². The van der Waals surface area contributed by atoms with E-state index in [1.165, 1.54) is 18.5 Å². The molecule has 94 valence electrons. The molecule has 1 unspecified atom stereocenters. The Morgan fingerprint density at radius 1 is 1.47 bits per heavy atom. The predicted molar refractivity (Wildman–Crippen MR) is 73.4 cm³/mol. The maximum Gasteiger partial charge on any atom is 0.0408 e. The Morgan fingerprint density at radius 2 is 2.29 bits per heavy atom. The van der Waals surface area contributed by atoms with E-state index < -0.39 is 0 Å². The fraction of sp³-hybridized carbons (Fsp3) is 0.571. The molecule has 2 N–H and O–H groups in total. The van der Waals surface area contributed by atoms with Gasteiger partial charge in [0.15, 0.2) is 0 Å². The molecule has 0 amide bonds. The molecule has 0 bridgehead atoms. The molecule has 1 atom stereocenters. The van der Waals surface area contributed by atoms with Crippen LogP contribution in [0.3, 0.4) is 0 Å². The summed E-state index contributed by atoms with van der Waals surface area (Å²) in [4.78, 5) is 2.33. The van der Waals surface area contributed by atoms with Crippen molar-refractivity contribution in [1.29, 1.82) is 0 Å². The van der Waals surface area contributed by atoms with Crippen molar-refractivity contribution in [2.45, 2.75) is 31.2 Å². The first-order chi connectivity index (χ1) is 8.07. The molecular weight excluding hydrogens is 232 g/mol. The average molecular weight is 253 g/mol. The van der Waals surface area contributed by atoms with Crippen LogP contribution in [0.1, 0.15) is 24.8 Å². The lowest BCUT2D eigenvalue weighted by atomic mass is 9.85. The third-order valence-electron chi connectivity index (χ3n) is 3.60. The topological polar surface area (TPSA) is 29.3 Å². The predicted octanol–water partition coefficient (Wildman–Crippen LogP) is 2.70. The summed E-state index contributed by atoms with van der Waals surface area (Å²) >= 11 is 5.98. The Hall–Kier alpha value is -0.570. The average Bonchev–Trinajstić information content (AvgIpc) is 2.26. The molecule has 1 aliphatic rings. The molecule has 1 aromatic rings. The maximum atomic E-state index is 6.46. The van der Waals surface area contributed by atoms with Crippen LogP contribution in [0.15, 0.2) is 24.3 Å². The zero-order chi connectivity index (χ0) is 12.3. The zero-order valence-corrected chi connectivity index (χ0v) is 11.2. The number of benzene rings is 1. The molecular formula is C14H21ClN2. The number of hydrogen-bond acceptors (Lipinski definition) is 2. The molecule has 3 heteroatoms. The summed E-state index contributed by atoms with van der Waals surface area (Å²) in [5, 5.41) is 0.814. The fourth-order valence-electron chi connectivity index (χ4n) is 2.69. The number of rotatable bonds is 3. The summed E-state index contributed by atoms with van der Waals surface area (Å²) in [6.45, 7) is 2.18. The molecule has 0 aliphatic carbocycles. The third-order valence-corrected chi connectivity index (χ3v) is 3.84. The first-order valence-corrected chi connectivity index (χ1v) is 6.67. The van der Waals surface area contributed by atoms with E-state index in [9.17, 15) is 0 Å². The third kappa shape index (κ3) is 3.70. The molecule has 0 spiro atoms. The monoisotopic (exact) mass is 252 g/mol. The standard InChI is InChI=1S/C14H21ClN2/c1-17-9-3-7-14(16,11-17)8-6-12-4-2-5-13(15)10-12/h2,4-5,10H,3,6-9,11,16H2,1H3. The quantitative estimate of drug-likeness (QED) is 0.896. The molecule has 0 radical (unpaired) electrons. The van der Waals surface area contributed by atoms with Crippen LogP contribution in [0.2, 0.25) is 5.02 Å². The summed E-state index contributed by atoms with van der Waals surface area (Å²) in [5.74, 6) is 0. The Balaban J connectivity index is 1.93. The Morgan fingerprint density at radius 3 is 3.00 bits per heavy atom. The van der Waals surface area contributed by atoms with E-state index in [0.717, 1.165) is 30.8 Å². The van der Waals surface area contributed by atoms with E-state index in [1.807, 2.05) is 18.2 Å². The second-order valence-corrected chi connectivity index (χ2v) is 5.77. The van der Waals surface area contributed by atoms with Crippen LogP contribution in [0, 0.1) is 0 Å². The van der Waals surface area contributed by atoms with E-state index in [-0.39, 0.29) is 5.54 Å². The summed E-state index contributed by atoms with van der Waals surface area (Å²) in [6, 6.07) is 8.09. The van der Waals surface area contributed by atoms with Crippen molar-refractivity contribution in [3.05, 3.63) is 34.9 Å². The number of halogens is 1. The van der Waals surface area contributed by atoms with Gasteiger partial charge in [0.25, 0.3) is 0 Å². The van der Waals surface area contributed by atoms with Crippen LogP contribution in [0.4, 0.5) is 0 Å². The van der Waals surface area contributed by atoms with E-state index >= 15 is 0 Å². The number of nitrogens with zero attached hydrogens (tertiary/aromatic N) is 1. The van der Waals surface area contributed by atoms with Crippen molar-refractivity contribution in [2.24, 2.45) is 5.73 Å². The van der Waals surface area contributed by atoms with E-state index in [2.05, 4.69) is 18.0 Å². The summed E-state index contributed by atoms with van der Waals surface area (Å²) in [7, 11) is 2.15. The van der Waals surface area contributed by atoms with Crippen molar-refractivity contribution in [2.75, 3.05) is 20.1 Å². The van der Waals surface area contributed by atoms with Gasteiger partial charge >= 0.3 is 0 Å². The summed E-state index contributed by atoms with van der Waals surface area (Å²) in [5.41, 5.74) is 7.73. The van der Waals surface area contributed by atoms with E-state index in [1.54, 1.807) is 0 Å². The maximum absolute atomic E-state index is 6.46. The minimum atomic E-state index is -0.0185. The van der Waals surface area contributed by atoms with Gasteiger partial charge in [0, 0.05) is 17.1 Å². The lowest BCUT2D eigenvalue weighted by Crippen LogP contribution is -2.53. The lowest BCUT2D eigenvalue weighted by molar-refractivity contribution is 0.170. The minimum Gasteiger partial charge on any atom is -0.324 e. The number of hydrogen-bond donors (Lipinski definition) is 1. The van der Waals surface area contributed by atoms with Gasteiger partial charge in [-0.05, 0) is 57.0 Å². The highest BCUT2D eigenvalue weighted by molar-refractivity contribution is 6.30. The van der Waals surface area contributed by atoms with Crippen LogP contribution in [-0.2, 0) is 6.42 Å². The molecule has 1 heterocycles. The van der Waals surface area contributed by atoms with Gasteiger partial charge in [0.2, 0.25) is 0 Å². The molecule has 17 heavy (non-hydrogen) atoms. The van der Waals surface area contributed by atoms with Crippen molar-refractivity contribution in [3.8, 4) is 0 Å². The van der Waals surface area contributed by atoms with Crippen molar-refractivity contribution in [1.82, 2.24) is 4.90 Å². The first-order valence-electron chi connectivity index (χ1n) is 6.29. The van der Waals surface area contributed by atoms with Gasteiger partial charge in [-0.1, -0.05) is 23.7 Å². The highest BCUT2D eigenvalue weighted by Gasteiger charge is 2.29. The Kier molecular flexibility index (Phi) is 4.08. The Bertz CT molecular complexity index is 380. The zero-order valence-electron chi connectivity index (χ0n) is 10.5. The molecule has 1 aromatic carbocycles. The largest absolute Gasteiger partial charge is 0.324 e. The second-order valence-electron chi connectivity index (χ2n) is 5.33. The van der Waals surface area contributed by atoms with Crippen molar-refractivity contribution >= 4 is 11.6 Å². The molecule has 1 aliphatic heterocycles. The van der Waals surface area contributed by atoms with Gasteiger partial charge in [-0.2, -0.15) is 0 Å². The van der Waals surface area contributed by atoms with Crippen LogP contribution >= 0.6 is 11.6 Å². The second kappa shape index (κ2) is 5.38. The van der Waals surface area contributed by atoms with Gasteiger partial charge in [-0.25, -0.2) is 0 Å². The van der Waals surface area contributed by atoms with E-state index in [4.69, 9.17) is 17.3 Å². The van der Waals surface area contributed by atoms with Crippen LogP contribution in [-0.4, -0.2) is 30.6 Å². The van der Waals surface area contributed by atoms with Gasteiger partial charge in [0.05, 0.1) is 0 Å².